The third-order valence-corrected chi connectivity index (χ3v) is 7.94. The predicted molar refractivity (Wildman–Crippen MR) is 173 cm³/mol. The number of allylic oxidation sites excluding steroid dienone is 1. The Kier molecular flexibility index (Phi) is 7.12. The number of aryl methyl sites for hydroxylation is 1. The van der Waals surface area contributed by atoms with Crippen LogP contribution in [0.15, 0.2) is 119 Å². The van der Waals surface area contributed by atoms with Crippen LogP contribution in [-0.4, -0.2) is 41.3 Å². The number of H-pyrrole nitrogens is 1. The van der Waals surface area contributed by atoms with Gasteiger partial charge in [-0.05, 0) is 83.6 Å². The van der Waals surface area contributed by atoms with Gasteiger partial charge in [-0.15, -0.1) is 0 Å². The number of carboxylic acids is 1. The van der Waals surface area contributed by atoms with E-state index >= 15 is 0 Å². The number of aromatic nitrogens is 1. The molecule has 0 amide bonds. The number of ether oxygens (including phenoxy) is 2. The van der Waals surface area contributed by atoms with E-state index in [4.69, 9.17) is 24.6 Å². The van der Waals surface area contributed by atoms with Gasteiger partial charge in [-0.25, -0.2) is 14.8 Å². The summed E-state index contributed by atoms with van der Waals surface area (Å²) < 4.78 is 10.8. The summed E-state index contributed by atoms with van der Waals surface area (Å²) in [5, 5.41) is 9.04. The number of aliphatic imine (C=N–C) groups is 2. The van der Waals surface area contributed by atoms with Gasteiger partial charge in [-0.1, -0.05) is 60.7 Å². The maximum Gasteiger partial charge on any atom is 0.341 e. The van der Waals surface area contributed by atoms with Gasteiger partial charge in [-0.2, -0.15) is 0 Å². The topological polar surface area (TPSA) is 96.3 Å². The Morgan fingerprint density at radius 1 is 0.864 bits per heavy atom. The third kappa shape index (κ3) is 5.20. The zero-order valence-corrected chi connectivity index (χ0v) is 24.1. The summed E-state index contributed by atoms with van der Waals surface area (Å²) in [6, 6.07) is 34.2. The number of hydrogen-bond donors (Lipinski definition) is 2. The van der Waals surface area contributed by atoms with Crippen molar-refractivity contribution in [1.29, 1.82) is 0 Å². The van der Waals surface area contributed by atoms with Crippen molar-refractivity contribution in [3.05, 3.63) is 131 Å². The molecule has 0 bridgehead atoms. The number of amidine groups is 1. The molecule has 1 aromatic heterocycles. The molecule has 2 aliphatic rings. The number of fused-ring (bicyclic) bond motifs is 3. The molecule has 4 aromatic carbocycles. The Bertz CT molecular complexity index is 1950. The molecule has 7 heteroatoms. The molecule has 2 heterocycles. The minimum Gasteiger partial charge on any atom is -0.497 e. The van der Waals surface area contributed by atoms with Crippen LogP contribution in [-0.2, 0) is 17.6 Å². The van der Waals surface area contributed by atoms with Crippen molar-refractivity contribution in [3.63, 3.8) is 0 Å². The maximum absolute atomic E-state index is 11.0. The number of methoxy groups -OCH3 is 1. The molecule has 0 unspecified atom stereocenters. The molecular weight excluding hydrogens is 550 g/mol. The Morgan fingerprint density at radius 2 is 1.57 bits per heavy atom. The average molecular weight is 580 g/mol. The second-order valence-corrected chi connectivity index (χ2v) is 10.7. The lowest BCUT2D eigenvalue weighted by Gasteiger charge is -2.18. The Morgan fingerprint density at radius 3 is 2.27 bits per heavy atom. The number of nitrogens with one attached hydrogen (secondary N) is 1. The normalized spacial score (nSPS) is 14.4. The van der Waals surface area contributed by atoms with Crippen LogP contribution in [0, 0.1) is 0 Å². The van der Waals surface area contributed by atoms with Gasteiger partial charge < -0.3 is 19.6 Å². The van der Waals surface area contributed by atoms with Crippen LogP contribution in [0.1, 0.15) is 22.3 Å². The fourth-order valence-electron chi connectivity index (χ4n) is 5.86. The first-order chi connectivity index (χ1) is 21.6. The lowest BCUT2D eigenvalue weighted by Crippen LogP contribution is -2.10. The molecule has 0 saturated heterocycles. The number of nitrogens with zero attached hydrogens (tertiary/aromatic N) is 2. The molecule has 7 rings (SSSR count). The first-order valence-corrected chi connectivity index (χ1v) is 14.4. The Balaban J connectivity index is 1.37. The zero-order valence-electron chi connectivity index (χ0n) is 24.1. The number of carboxylic acid groups (broad SMARTS) is 1. The molecule has 1 aliphatic carbocycles. The quantitative estimate of drug-likeness (QED) is 0.199. The fourth-order valence-corrected chi connectivity index (χ4v) is 5.86. The van der Waals surface area contributed by atoms with E-state index in [-0.39, 0.29) is 6.61 Å². The SMILES string of the molecule is COc1ccc(C2=N/C(=N\c3[nH]c4c(c3-c3ccccc3)CCc3cc(OCC(=O)O)ccc3-4)C(c3ccccc3)=C2)cc1. The van der Waals surface area contributed by atoms with Crippen molar-refractivity contribution >= 4 is 28.9 Å². The molecule has 0 radical (unpaired) electrons. The number of aromatic amines is 1. The van der Waals surface area contributed by atoms with E-state index < -0.39 is 5.97 Å². The first-order valence-electron chi connectivity index (χ1n) is 14.4. The van der Waals surface area contributed by atoms with E-state index in [0.29, 0.717) is 11.6 Å². The number of hydrogen-bond acceptors (Lipinski definition) is 4. The number of benzene rings is 4. The van der Waals surface area contributed by atoms with E-state index in [1.807, 2.05) is 78.9 Å². The van der Waals surface area contributed by atoms with Crippen molar-refractivity contribution < 1.29 is 19.4 Å². The van der Waals surface area contributed by atoms with Crippen LogP contribution in [0.2, 0.25) is 0 Å². The summed E-state index contributed by atoms with van der Waals surface area (Å²) in [5.41, 5.74) is 10.3. The van der Waals surface area contributed by atoms with Gasteiger partial charge in [-0.3, -0.25) is 0 Å². The zero-order chi connectivity index (χ0) is 30.0. The maximum atomic E-state index is 11.0. The van der Waals surface area contributed by atoms with Crippen molar-refractivity contribution in [2.45, 2.75) is 12.8 Å². The molecule has 0 fully saturated rings. The minimum atomic E-state index is -1.00. The highest BCUT2D eigenvalue weighted by molar-refractivity contribution is 6.38. The Hall–Kier alpha value is -5.69. The molecule has 0 atom stereocenters. The molecule has 44 heavy (non-hydrogen) atoms. The van der Waals surface area contributed by atoms with Gasteiger partial charge in [0.25, 0.3) is 0 Å². The molecule has 216 valence electrons. The van der Waals surface area contributed by atoms with Gasteiger partial charge in [0.2, 0.25) is 0 Å². The Labute approximate surface area is 254 Å². The second kappa shape index (κ2) is 11.5. The van der Waals surface area contributed by atoms with Crippen molar-refractivity contribution in [1.82, 2.24) is 4.98 Å². The van der Waals surface area contributed by atoms with Crippen LogP contribution in [0.3, 0.4) is 0 Å². The van der Waals surface area contributed by atoms with E-state index in [0.717, 1.165) is 74.8 Å². The molecule has 0 saturated carbocycles. The summed E-state index contributed by atoms with van der Waals surface area (Å²) in [4.78, 5) is 25.0. The number of carbonyl (C=O) groups is 1. The van der Waals surface area contributed by atoms with Crippen LogP contribution < -0.4 is 9.47 Å². The largest absolute Gasteiger partial charge is 0.497 e. The van der Waals surface area contributed by atoms with E-state index in [9.17, 15) is 4.79 Å². The lowest BCUT2D eigenvalue weighted by molar-refractivity contribution is -0.139. The van der Waals surface area contributed by atoms with Crippen molar-refractivity contribution in [2.24, 2.45) is 9.98 Å². The second-order valence-electron chi connectivity index (χ2n) is 10.7. The van der Waals surface area contributed by atoms with Crippen LogP contribution in [0.25, 0.3) is 28.0 Å². The third-order valence-electron chi connectivity index (χ3n) is 7.94. The monoisotopic (exact) mass is 579 g/mol. The van der Waals surface area contributed by atoms with Crippen molar-refractivity contribution in [3.8, 4) is 33.9 Å². The van der Waals surface area contributed by atoms with Gasteiger partial charge in [0.05, 0.1) is 18.5 Å². The van der Waals surface area contributed by atoms with Crippen LogP contribution >= 0.6 is 0 Å². The molecule has 5 aromatic rings. The molecule has 0 spiro atoms. The average Bonchev–Trinajstić information content (AvgIpc) is 3.66. The van der Waals surface area contributed by atoms with Gasteiger partial charge in [0.1, 0.15) is 17.3 Å². The highest BCUT2D eigenvalue weighted by Gasteiger charge is 2.27. The molecule has 1 aliphatic heterocycles. The smallest absolute Gasteiger partial charge is 0.341 e. The summed E-state index contributed by atoms with van der Waals surface area (Å²) in [6.45, 7) is -0.372. The van der Waals surface area contributed by atoms with Crippen molar-refractivity contribution in [2.75, 3.05) is 13.7 Å². The lowest BCUT2D eigenvalue weighted by atomic mass is 9.87. The van der Waals surface area contributed by atoms with E-state index in [2.05, 4.69) is 35.3 Å². The minimum absolute atomic E-state index is 0.372. The van der Waals surface area contributed by atoms with Gasteiger partial charge in [0.15, 0.2) is 12.4 Å². The summed E-state index contributed by atoms with van der Waals surface area (Å²) in [6.07, 6.45) is 3.70. The number of aliphatic carboxylic acids is 1. The van der Waals surface area contributed by atoms with Gasteiger partial charge >= 0.3 is 5.97 Å². The highest BCUT2D eigenvalue weighted by atomic mass is 16.5. The molecule has 2 N–H and O–H groups in total. The van der Waals surface area contributed by atoms with Crippen LogP contribution in [0.4, 0.5) is 5.82 Å². The van der Waals surface area contributed by atoms with Crippen LogP contribution in [0.5, 0.6) is 11.5 Å². The standard InChI is InChI=1S/C37H29N3O4/c1-43-27-15-12-24(13-16-27)32-21-31(23-8-4-2-5-9-23)36(38-32)40-37-34(25-10-6-3-7-11-25)30-18-14-26-20-28(44-22-33(41)42)17-19-29(26)35(30)39-37/h2-13,15-17,19-21,39H,14,18,22H2,1H3,(H,41,42)/b40-36-. The highest BCUT2D eigenvalue weighted by Crippen LogP contribution is 2.45. The summed E-state index contributed by atoms with van der Waals surface area (Å²) in [7, 11) is 1.66. The number of rotatable bonds is 8. The predicted octanol–water partition coefficient (Wildman–Crippen LogP) is 7.54. The van der Waals surface area contributed by atoms with E-state index in [1.54, 1.807) is 7.11 Å². The van der Waals surface area contributed by atoms with E-state index in [1.165, 1.54) is 5.56 Å². The molecular formula is C37H29N3O4. The fraction of sp³-hybridized carbons (Fsp3) is 0.108. The summed E-state index contributed by atoms with van der Waals surface area (Å²) in [5.74, 6) is 1.72. The first kappa shape index (κ1) is 27.2. The summed E-state index contributed by atoms with van der Waals surface area (Å²) >= 11 is 0. The molecule has 7 nitrogen and oxygen atoms in total. The van der Waals surface area contributed by atoms with Gasteiger partial charge in [0, 0.05) is 22.3 Å².